The van der Waals surface area contributed by atoms with Crippen molar-refractivity contribution in [2.45, 2.75) is 55.9 Å². The Hall–Kier alpha value is -5.71. The summed E-state index contributed by atoms with van der Waals surface area (Å²) < 4.78 is 37.3. The average molecular weight is 959 g/mol. The summed E-state index contributed by atoms with van der Waals surface area (Å²) in [6.07, 6.45) is 2.26. The molecular formula is C46H54N8O11S2. The van der Waals surface area contributed by atoms with Crippen molar-refractivity contribution >= 4 is 63.1 Å². The molecule has 5 aliphatic heterocycles. The third-order valence-corrected chi connectivity index (χ3v) is 15.0. The Balaban J connectivity index is 0.768. The van der Waals surface area contributed by atoms with Crippen LogP contribution in [0.25, 0.3) is 0 Å². The summed E-state index contributed by atoms with van der Waals surface area (Å²) >= 11 is 1.54. The van der Waals surface area contributed by atoms with E-state index in [2.05, 4.69) is 26.2 Å². The van der Waals surface area contributed by atoms with Crippen LogP contribution in [0.3, 0.4) is 0 Å². The molecule has 0 radical (unpaired) electrons. The topological polar surface area (TPSA) is 233 Å². The lowest BCUT2D eigenvalue weighted by Gasteiger charge is -2.34. The van der Waals surface area contributed by atoms with Crippen LogP contribution in [-0.2, 0) is 40.5 Å². The number of nitrogens with one attached hydrogen (secondary N) is 4. The maximum absolute atomic E-state index is 13.6. The molecule has 0 aromatic heterocycles. The van der Waals surface area contributed by atoms with Gasteiger partial charge in [0.25, 0.3) is 17.7 Å². The molecule has 4 N–H and O–H groups in total. The first kappa shape index (κ1) is 47.8. The SMILES string of the molecule is CS(=O)(=O)N1CCC(C(=O)N[C@@H](COCc2ccc(C(=O)N3CCN(CCCOc4ccc5c(c4)C(=O)N(C4CCC(=O)NC4=O)C5=O)CC3)cc2)C(=O)NC2NC(c3ccccc3)CS2)C1. The van der Waals surface area contributed by atoms with Gasteiger partial charge in [-0.25, -0.2) is 12.7 Å². The number of fused-ring (bicyclic) bond motifs is 1. The van der Waals surface area contributed by atoms with E-state index in [-0.39, 0.29) is 62.2 Å². The summed E-state index contributed by atoms with van der Waals surface area (Å²) in [4.78, 5) is 95.5. The van der Waals surface area contributed by atoms with E-state index >= 15 is 0 Å². The summed E-state index contributed by atoms with van der Waals surface area (Å²) in [5, 5.41) is 11.4. The summed E-state index contributed by atoms with van der Waals surface area (Å²) in [5.41, 5.74) is 2.34. The fourth-order valence-corrected chi connectivity index (χ4v) is 10.8. The van der Waals surface area contributed by atoms with Crippen molar-refractivity contribution in [1.29, 1.82) is 0 Å². The maximum Gasteiger partial charge on any atom is 0.262 e. The number of sulfonamides is 1. The van der Waals surface area contributed by atoms with Gasteiger partial charge in [0.2, 0.25) is 33.7 Å². The predicted octanol–water partition coefficient (Wildman–Crippen LogP) is 1.08. The second-order valence-corrected chi connectivity index (χ2v) is 20.3. The van der Waals surface area contributed by atoms with Gasteiger partial charge in [0, 0.05) is 69.6 Å². The van der Waals surface area contributed by atoms with Crippen molar-refractivity contribution in [3.05, 3.63) is 101 Å². The molecule has 0 saturated carbocycles. The fraction of sp³-hybridized carbons (Fsp3) is 0.457. The number of piperazine rings is 1. The van der Waals surface area contributed by atoms with Crippen LogP contribution in [0.5, 0.6) is 5.75 Å². The largest absolute Gasteiger partial charge is 0.494 e. The lowest BCUT2D eigenvalue weighted by molar-refractivity contribution is -0.136. The number of amides is 7. The highest BCUT2D eigenvalue weighted by Gasteiger charge is 2.45. The number of carbonyl (C=O) groups is 7. The Morgan fingerprint density at radius 1 is 0.896 bits per heavy atom. The molecule has 5 heterocycles. The molecule has 7 amide bonds. The monoisotopic (exact) mass is 958 g/mol. The number of nitrogens with zero attached hydrogens (tertiary/aromatic N) is 4. The zero-order valence-electron chi connectivity index (χ0n) is 37.0. The van der Waals surface area contributed by atoms with Gasteiger partial charge in [-0.1, -0.05) is 42.5 Å². The van der Waals surface area contributed by atoms with Crippen molar-refractivity contribution in [2.24, 2.45) is 5.92 Å². The van der Waals surface area contributed by atoms with E-state index in [1.165, 1.54) is 16.4 Å². The van der Waals surface area contributed by atoms with Gasteiger partial charge in [-0.15, -0.1) is 11.8 Å². The molecule has 0 bridgehead atoms. The van der Waals surface area contributed by atoms with Crippen LogP contribution in [0.4, 0.5) is 0 Å². The van der Waals surface area contributed by atoms with E-state index < -0.39 is 69.0 Å². The summed E-state index contributed by atoms with van der Waals surface area (Å²) in [5.74, 6) is -2.64. The smallest absolute Gasteiger partial charge is 0.262 e. The Morgan fingerprint density at radius 3 is 2.36 bits per heavy atom. The van der Waals surface area contributed by atoms with Crippen molar-refractivity contribution in [1.82, 2.24) is 40.3 Å². The highest BCUT2D eigenvalue weighted by Crippen LogP contribution is 2.31. The number of piperidine rings is 1. The first-order valence-electron chi connectivity index (χ1n) is 22.4. The van der Waals surface area contributed by atoms with Crippen LogP contribution in [0.15, 0.2) is 72.8 Å². The van der Waals surface area contributed by atoms with Crippen LogP contribution < -0.4 is 26.0 Å². The number of rotatable bonds is 17. The van der Waals surface area contributed by atoms with Gasteiger partial charge in [-0.2, -0.15) is 0 Å². The molecule has 4 saturated heterocycles. The Morgan fingerprint density at radius 2 is 1.64 bits per heavy atom. The van der Waals surface area contributed by atoms with E-state index in [9.17, 15) is 42.0 Å². The van der Waals surface area contributed by atoms with Gasteiger partial charge in [-0.3, -0.25) is 54.0 Å². The summed E-state index contributed by atoms with van der Waals surface area (Å²) in [6, 6.07) is 19.6. The molecule has 21 heteroatoms. The van der Waals surface area contributed by atoms with Gasteiger partial charge >= 0.3 is 0 Å². The average Bonchev–Trinajstić information content (AvgIpc) is 4.07. The molecule has 8 rings (SSSR count). The van der Waals surface area contributed by atoms with E-state index in [0.717, 1.165) is 34.6 Å². The Labute approximate surface area is 392 Å². The lowest BCUT2D eigenvalue weighted by Crippen LogP contribution is -2.54. The highest BCUT2D eigenvalue weighted by molar-refractivity contribution is 8.00. The van der Waals surface area contributed by atoms with Crippen LogP contribution in [0.1, 0.15) is 73.9 Å². The molecule has 67 heavy (non-hydrogen) atoms. The normalized spacial score (nSPS) is 22.9. The van der Waals surface area contributed by atoms with Gasteiger partial charge in [0.05, 0.1) is 43.1 Å². The first-order chi connectivity index (χ1) is 32.2. The molecular weight excluding hydrogens is 905 g/mol. The number of carbonyl (C=O) groups excluding carboxylic acids is 7. The minimum Gasteiger partial charge on any atom is -0.494 e. The molecule has 356 valence electrons. The van der Waals surface area contributed by atoms with E-state index in [1.54, 1.807) is 42.1 Å². The van der Waals surface area contributed by atoms with Crippen LogP contribution in [-0.4, -0.2) is 157 Å². The van der Waals surface area contributed by atoms with Gasteiger partial charge in [-0.05, 0) is 60.7 Å². The van der Waals surface area contributed by atoms with Gasteiger partial charge in [0.15, 0.2) is 0 Å². The standard InChI is InChI=1S/C46H54N8O11S2/c1-67(62,63)53-18-16-32(25-53)40(56)47-36(41(57)50-46-48-37(28-66-46)30-6-3-2-4-7-30)27-64-26-29-8-10-31(11-9-29)43(59)52-21-19-51(20-22-52)17-5-23-65-33-12-13-34-35(24-33)45(61)54(44(34)60)38-14-15-39(55)49-42(38)58/h2-4,6-13,24,32,36-38,46,48H,5,14-23,25-28H2,1H3,(H,47,56)(H,50,57)(H,49,55,58)/t32?,36-,37?,38?,46?/m0/s1. The molecule has 0 spiro atoms. The molecule has 5 atom stereocenters. The number of imide groups is 2. The molecule has 3 aromatic carbocycles. The first-order valence-corrected chi connectivity index (χ1v) is 25.3. The number of hydrogen-bond acceptors (Lipinski definition) is 14. The third-order valence-electron chi connectivity index (χ3n) is 12.6. The minimum absolute atomic E-state index is 0.0408. The Kier molecular flexibility index (Phi) is 15.0. The number of hydrogen-bond donors (Lipinski definition) is 4. The fourth-order valence-electron chi connectivity index (χ4n) is 8.79. The van der Waals surface area contributed by atoms with Crippen molar-refractivity contribution in [3.8, 4) is 5.75 Å². The summed E-state index contributed by atoms with van der Waals surface area (Å²) in [6.45, 7) is 3.76. The number of ether oxygens (including phenoxy) is 2. The maximum atomic E-state index is 13.6. The van der Waals surface area contributed by atoms with E-state index in [0.29, 0.717) is 56.9 Å². The molecule has 3 aromatic rings. The summed E-state index contributed by atoms with van der Waals surface area (Å²) in [7, 11) is -3.46. The van der Waals surface area contributed by atoms with E-state index in [4.69, 9.17) is 9.47 Å². The van der Waals surface area contributed by atoms with Crippen LogP contribution in [0, 0.1) is 5.92 Å². The number of thioether (sulfide) groups is 1. The zero-order chi connectivity index (χ0) is 47.2. The molecule has 4 fully saturated rings. The molecule has 19 nitrogen and oxygen atoms in total. The second-order valence-electron chi connectivity index (χ2n) is 17.2. The minimum atomic E-state index is -3.46. The second kappa shape index (κ2) is 21.1. The van der Waals surface area contributed by atoms with Crippen LogP contribution >= 0.6 is 11.8 Å². The highest BCUT2D eigenvalue weighted by atomic mass is 32.2. The van der Waals surface area contributed by atoms with Gasteiger partial charge in [0.1, 0.15) is 23.3 Å². The van der Waals surface area contributed by atoms with Crippen molar-refractivity contribution in [2.75, 3.05) is 71.0 Å². The quantitative estimate of drug-likeness (QED) is 0.110. The molecule has 5 aliphatic rings. The Bertz CT molecular complexity index is 2490. The molecule has 4 unspecified atom stereocenters. The van der Waals surface area contributed by atoms with Crippen molar-refractivity contribution in [3.63, 3.8) is 0 Å². The zero-order valence-corrected chi connectivity index (χ0v) is 38.7. The third kappa shape index (κ3) is 11.5. The van der Waals surface area contributed by atoms with Gasteiger partial charge < -0.3 is 25.0 Å². The predicted molar refractivity (Wildman–Crippen MR) is 245 cm³/mol. The number of benzene rings is 3. The van der Waals surface area contributed by atoms with Crippen LogP contribution in [0.2, 0.25) is 0 Å². The molecule has 0 aliphatic carbocycles. The van der Waals surface area contributed by atoms with E-state index in [1.807, 2.05) is 35.2 Å². The lowest BCUT2D eigenvalue weighted by atomic mass is 10.0. The van der Waals surface area contributed by atoms with Crippen molar-refractivity contribution < 1.29 is 51.5 Å².